The van der Waals surface area contributed by atoms with Gasteiger partial charge in [-0.15, -0.1) is 0 Å². The van der Waals surface area contributed by atoms with Gasteiger partial charge in [0.15, 0.2) is 0 Å². The number of nitrogens with one attached hydrogen (secondary N) is 1. The molecule has 1 aliphatic carbocycles. The Morgan fingerprint density at radius 2 is 1.67 bits per heavy atom. The minimum absolute atomic E-state index is 0.144. The lowest BCUT2D eigenvalue weighted by Gasteiger charge is -2.37. The maximum Gasteiger partial charge on any atom is 0.0914 e. The third-order valence-electron chi connectivity index (χ3n) is 3.73. The number of hydrogen-bond acceptors (Lipinski definition) is 1. The molecule has 1 fully saturated rings. The fraction of sp³-hybridized carbons (Fsp3) is 0.562. The summed E-state index contributed by atoms with van der Waals surface area (Å²) in [6.07, 6.45) is 6.93. The fourth-order valence-corrected chi connectivity index (χ4v) is 2.95. The summed E-state index contributed by atoms with van der Waals surface area (Å²) in [5.74, 6) is 0.325. The second-order valence-electron chi connectivity index (χ2n) is 4.91. The molecule has 0 radical (unpaired) electrons. The Bertz CT molecular complexity index is 351. The molecule has 0 heterocycles. The van der Waals surface area contributed by atoms with E-state index in [1.54, 1.807) is 0 Å². The van der Waals surface area contributed by atoms with E-state index < -0.39 is 0 Å². The highest BCUT2D eigenvalue weighted by atomic mass is 14.7. The van der Waals surface area contributed by atoms with E-state index in [1.807, 2.05) is 19.9 Å². The Kier molecular flexibility index (Phi) is 5.90. The second kappa shape index (κ2) is 7.20. The molecule has 0 spiro atoms. The van der Waals surface area contributed by atoms with Crippen LogP contribution in [0.5, 0.6) is 0 Å². The molecule has 1 aromatic rings. The molecular weight excluding hydrogens is 220 g/mol. The van der Waals surface area contributed by atoms with Gasteiger partial charge in [-0.05, 0) is 18.4 Å². The van der Waals surface area contributed by atoms with Crippen LogP contribution in [-0.2, 0) is 5.41 Å². The summed E-state index contributed by atoms with van der Waals surface area (Å²) >= 11 is 0. The van der Waals surface area contributed by atoms with Crippen LogP contribution in [0.15, 0.2) is 30.3 Å². The molecule has 2 heteroatoms. The maximum atomic E-state index is 7.58. The van der Waals surface area contributed by atoms with Crippen LogP contribution in [0.2, 0.25) is 0 Å². The predicted octanol–water partition coefficient (Wildman–Crippen LogP) is 4.24. The number of hydrogen-bond donors (Lipinski definition) is 2. The maximum absolute atomic E-state index is 7.58. The van der Waals surface area contributed by atoms with Gasteiger partial charge in [-0.2, -0.15) is 0 Å². The van der Waals surface area contributed by atoms with Gasteiger partial charge in [-0.25, -0.2) is 0 Å². The first-order valence-electron chi connectivity index (χ1n) is 7.11. The zero-order valence-electron chi connectivity index (χ0n) is 11.7. The molecule has 0 saturated heterocycles. The summed E-state index contributed by atoms with van der Waals surface area (Å²) in [6, 6.07) is 10.6. The third-order valence-corrected chi connectivity index (χ3v) is 3.73. The minimum Gasteiger partial charge on any atom is -0.388 e. The standard InChI is InChI=1S/C14H20N2.C2H6/c15-13(16)11-14(9-5-2-6-10-14)12-7-3-1-4-8-12;1-2/h1,3-4,7-8H,2,5-6,9-11H2,(H3,15,16);1-2H3. The zero-order valence-corrected chi connectivity index (χ0v) is 11.7. The molecule has 100 valence electrons. The van der Waals surface area contributed by atoms with Crippen molar-refractivity contribution in [2.24, 2.45) is 5.73 Å². The highest BCUT2D eigenvalue weighted by Crippen LogP contribution is 2.41. The van der Waals surface area contributed by atoms with E-state index in [0.717, 1.165) is 6.42 Å². The lowest BCUT2D eigenvalue weighted by Crippen LogP contribution is -2.34. The normalized spacial score (nSPS) is 17.4. The van der Waals surface area contributed by atoms with Crippen LogP contribution in [-0.4, -0.2) is 5.84 Å². The highest BCUT2D eigenvalue weighted by Gasteiger charge is 2.34. The molecule has 2 rings (SSSR count). The van der Waals surface area contributed by atoms with Crippen molar-refractivity contribution < 1.29 is 0 Å². The van der Waals surface area contributed by atoms with Gasteiger partial charge in [0.05, 0.1) is 5.84 Å². The van der Waals surface area contributed by atoms with Gasteiger partial charge in [0.2, 0.25) is 0 Å². The summed E-state index contributed by atoms with van der Waals surface area (Å²) in [7, 11) is 0. The van der Waals surface area contributed by atoms with Crippen molar-refractivity contribution >= 4 is 5.84 Å². The summed E-state index contributed by atoms with van der Waals surface area (Å²) in [5.41, 5.74) is 7.14. The van der Waals surface area contributed by atoms with Crippen molar-refractivity contribution in [2.45, 2.75) is 57.8 Å². The van der Waals surface area contributed by atoms with Crippen LogP contribution in [0.25, 0.3) is 0 Å². The first-order chi connectivity index (χ1) is 8.73. The van der Waals surface area contributed by atoms with E-state index in [2.05, 4.69) is 24.3 Å². The van der Waals surface area contributed by atoms with E-state index in [0.29, 0.717) is 5.84 Å². The molecule has 3 N–H and O–H groups in total. The van der Waals surface area contributed by atoms with E-state index in [-0.39, 0.29) is 5.41 Å². The Hall–Kier alpha value is -1.31. The lowest BCUT2D eigenvalue weighted by molar-refractivity contribution is 0.301. The molecule has 2 nitrogen and oxygen atoms in total. The molecule has 1 saturated carbocycles. The largest absolute Gasteiger partial charge is 0.388 e. The molecule has 0 aromatic heterocycles. The van der Waals surface area contributed by atoms with E-state index in [4.69, 9.17) is 11.1 Å². The molecule has 0 atom stereocenters. The van der Waals surface area contributed by atoms with Gasteiger partial charge < -0.3 is 5.73 Å². The van der Waals surface area contributed by atoms with Gasteiger partial charge in [0, 0.05) is 11.8 Å². The van der Waals surface area contributed by atoms with Gasteiger partial charge in [-0.3, -0.25) is 5.41 Å². The Labute approximate surface area is 111 Å². The molecule has 0 amide bonds. The summed E-state index contributed by atoms with van der Waals surface area (Å²) in [5, 5.41) is 7.58. The molecule has 1 aliphatic rings. The monoisotopic (exact) mass is 246 g/mol. The lowest BCUT2D eigenvalue weighted by atomic mass is 9.67. The van der Waals surface area contributed by atoms with Crippen molar-refractivity contribution in [3.05, 3.63) is 35.9 Å². The number of rotatable bonds is 3. The third kappa shape index (κ3) is 3.59. The van der Waals surface area contributed by atoms with Crippen molar-refractivity contribution in [1.29, 1.82) is 5.41 Å². The average Bonchev–Trinajstić information content (AvgIpc) is 2.42. The Morgan fingerprint density at radius 1 is 1.11 bits per heavy atom. The SMILES string of the molecule is CC.N=C(N)CC1(c2ccccc2)CCCCC1. The van der Waals surface area contributed by atoms with Crippen molar-refractivity contribution in [1.82, 2.24) is 0 Å². The molecular formula is C16H26N2. The average molecular weight is 246 g/mol. The molecule has 0 aliphatic heterocycles. The molecule has 1 aromatic carbocycles. The summed E-state index contributed by atoms with van der Waals surface area (Å²) in [6.45, 7) is 4.00. The van der Waals surface area contributed by atoms with Gasteiger partial charge >= 0.3 is 0 Å². The van der Waals surface area contributed by atoms with Crippen molar-refractivity contribution in [3.63, 3.8) is 0 Å². The Balaban J connectivity index is 0.000000771. The fourth-order valence-electron chi connectivity index (χ4n) is 2.95. The summed E-state index contributed by atoms with van der Waals surface area (Å²) < 4.78 is 0. The van der Waals surface area contributed by atoms with Crippen LogP contribution in [0.1, 0.15) is 57.9 Å². The highest BCUT2D eigenvalue weighted by molar-refractivity contribution is 5.78. The smallest absolute Gasteiger partial charge is 0.0914 e. The quantitative estimate of drug-likeness (QED) is 0.608. The number of benzene rings is 1. The number of nitrogens with two attached hydrogens (primary N) is 1. The van der Waals surface area contributed by atoms with Gasteiger partial charge in [0.25, 0.3) is 0 Å². The molecule has 0 bridgehead atoms. The van der Waals surface area contributed by atoms with E-state index in [9.17, 15) is 0 Å². The van der Waals surface area contributed by atoms with Gasteiger partial charge in [0.1, 0.15) is 0 Å². The van der Waals surface area contributed by atoms with Crippen LogP contribution in [0.3, 0.4) is 0 Å². The van der Waals surface area contributed by atoms with Gasteiger partial charge in [-0.1, -0.05) is 63.4 Å². The first-order valence-corrected chi connectivity index (χ1v) is 7.11. The van der Waals surface area contributed by atoms with Crippen LogP contribution < -0.4 is 5.73 Å². The number of amidine groups is 1. The topological polar surface area (TPSA) is 49.9 Å². The van der Waals surface area contributed by atoms with Crippen LogP contribution >= 0.6 is 0 Å². The predicted molar refractivity (Wildman–Crippen MR) is 79.1 cm³/mol. The van der Waals surface area contributed by atoms with E-state index >= 15 is 0 Å². The van der Waals surface area contributed by atoms with Crippen LogP contribution in [0, 0.1) is 5.41 Å². The zero-order chi connectivity index (χ0) is 13.4. The summed E-state index contributed by atoms with van der Waals surface area (Å²) in [4.78, 5) is 0. The first kappa shape index (κ1) is 14.7. The van der Waals surface area contributed by atoms with Crippen molar-refractivity contribution in [2.75, 3.05) is 0 Å². The Morgan fingerprint density at radius 3 is 2.17 bits per heavy atom. The molecule has 0 unspecified atom stereocenters. The van der Waals surface area contributed by atoms with Crippen molar-refractivity contribution in [3.8, 4) is 0 Å². The minimum atomic E-state index is 0.144. The second-order valence-corrected chi connectivity index (χ2v) is 4.91. The molecule has 18 heavy (non-hydrogen) atoms. The van der Waals surface area contributed by atoms with E-state index in [1.165, 1.54) is 37.7 Å². The van der Waals surface area contributed by atoms with Crippen LogP contribution in [0.4, 0.5) is 0 Å².